The Labute approximate surface area is 213 Å². The van der Waals surface area contributed by atoms with Crippen LogP contribution in [0.3, 0.4) is 0 Å². The summed E-state index contributed by atoms with van der Waals surface area (Å²) in [5.41, 5.74) is 0.0995. The van der Waals surface area contributed by atoms with E-state index in [4.69, 9.17) is 16.6 Å². The highest BCUT2D eigenvalue weighted by Gasteiger charge is 2.31. The van der Waals surface area contributed by atoms with Crippen LogP contribution in [-0.4, -0.2) is 21.2 Å². The van der Waals surface area contributed by atoms with Gasteiger partial charge in [-0.2, -0.15) is 13.2 Å². The number of alkyl halides is 3. The quantitative estimate of drug-likeness (QED) is 0.283. The van der Waals surface area contributed by atoms with Crippen LogP contribution in [0.1, 0.15) is 60.6 Å². The molecule has 1 fully saturated rings. The van der Waals surface area contributed by atoms with Gasteiger partial charge < -0.3 is 5.32 Å². The number of benzene rings is 1. The Kier molecular flexibility index (Phi) is 6.89. The van der Waals surface area contributed by atoms with E-state index >= 15 is 0 Å². The highest BCUT2D eigenvalue weighted by Crippen LogP contribution is 2.38. The van der Waals surface area contributed by atoms with Gasteiger partial charge in [-0.1, -0.05) is 36.2 Å². The van der Waals surface area contributed by atoms with Gasteiger partial charge >= 0.3 is 6.18 Å². The Bertz CT molecular complexity index is 1350. The van der Waals surface area contributed by atoms with Gasteiger partial charge in [0.15, 0.2) is 5.16 Å². The molecule has 0 radical (unpaired) electrons. The fourth-order valence-electron chi connectivity index (χ4n) is 4.90. The van der Waals surface area contributed by atoms with Gasteiger partial charge in [0, 0.05) is 10.9 Å². The van der Waals surface area contributed by atoms with Crippen molar-refractivity contribution in [2.24, 2.45) is 0 Å². The molecule has 1 amide bonds. The Balaban J connectivity index is 1.42. The van der Waals surface area contributed by atoms with Crippen molar-refractivity contribution in [3.8, 4) is 0 Å². The predicted octanol–water partition coefficient (Wildman–Crippen LogP) is 6.85. The third-order valence-corrected chi connectivity index (χ3v) is 9.05. The van der Waals surface area contributed by atoms with E-state index < -0.39 is 17.6 Å². The van der Waals surface area contributed by atoms with Crippen LogP contribution in [0.15, 0.2) is 28.2 Å². The number of anilines is 1. The lowest BCUT2D eigenvalue weighted by atomic mass is 9.97. The first-order valence-electron chi connectivity index (χ1n) is 11.6. The van der Waals surface area contributed by atoms with Crippen LogP contribution in [0.2, 0.25) is 5.02 Å². The summed E-state index contributed by atoms with van der Waals surface area (Å²) < 4.78 is 40.9. The number of aryl methyl sites for hydroxylation is 2. The largest absolute Gasteiger partial charge is 0.416 e. The number of hydrogen-bond acceptors (Lipinski definition) is 5. The fraction of sp³-hybridized carbons (Fsp3) is 0.458. The summed E-state index contributed by atoms with van der Waals surface area (Å²) >= 11 is 8.70. The molecule has 2 heterocycles. The van der Waals surface area contributed by atoms with Gasteiger partial charge in [-0.05, 0) is 62.3 Å². The molecule has 0 saturated heterocycles. The molecule has 3 aromatic rings. The van der Waals surface area contributed by atoms with Crippen LogP contribution in [0.25, 0.3) is 10.2 Å². The number of aromatic nitrogens is 2. The SMILES string of the molecule is O=C(CSc1nc2sc3c(c2c(=O)n1C1CCCC1)CCCC3)Nc1cc(C(F)(F)F)ccc1Cl. The van der Waals surface area contributed by atoms with Crippen molar-refractivity contribution in [1.82, 2.24) is 9.55 Å². The molecule has 1 saturated carbocycles. The van der Waals surface area contributed by atoms with Gasteiger partial charge in [-0.25, -0.2) is 4.98 Å². The monoisotopic (exact) mass is 541 g/mol. The lowest BCUT2D eigenvalue weighted by Crippen LogP contribution is -2.27. The smallest absolute Gasteiger partial charge is 0.324 e. The maximum absolute atomic E-state index is 13.7. The number of fused-ring (bicyclic) bond motifs is 3. The molecule has 186 valence electrons. The average Bonchev–Trinajstić information content (AvgIpc) is 3.46. The van der Waals surface area contributed by atoms with Crippen molar-refractivity contribution in [2.75, 3.05) is 11.1 Å². The topological polar surface area (TPSA) is 64.0 Å². The molecule has 5 rings (SSSR count). The zero-order valence-electron chi connectivity index (χ0n) is 18.7. The summed E-state index contributed by atoms with van der Waals surface area (Å²) in [6.07, 6.45) is 3.33. The van der Waals surface area contributed by atoms with E-state index in [1.54, 1.807) is 15.9 Å². The lowest BCUT2D eigenvalue weighted by Gasteiger charge is -2.18. The molecule has 2 aliphatic rings. The van der Waals surface area contributed by atoms with Gasteiger partial charge in [0.05, 0.1) is 27.4 Å². The molecular weight excluding hydrogens is 519 g/mol. The number of thiophene rings is 1. The molecule has 0 spiro atoms. The number of rotatable bonds is 5. The molecule has 5 nitrogen and oxygen atoms in total. The third-order valence-electron chi connectivity index (χ3n) is 6.58. The Morgan fingerprint density at radius 2 is 1.94 bits per heavy atom. The number of nitrogens with one attached hydrogen (secondary N) is 1. The van der Waals surface area contributed by atoms with Crippen LogP contribution in [0.5, 0.6) is 0 Å². The molecule has 0 aliphatic heterocycles. The zero-order valence-corrected chi connectivity index (χ0v) is 21.1. The zero-order chi connectivity index (χ0) is 24.7. The van der Waals surface area contributed by atoms with Gasteiger partial charge in [0.2, 0.25) is 5.91 Å². The van der Waals surface area contributed by atoms with Crippen molar-refractivity contribution in [3.63, 3.8) is 0 Å². The highest BCUT2D eigenvalue weighted by molar-refractivity contribution is 7.99. The molecule has 1 N–H and O–H groups in total. The second kappa shape index (κ2) is 9.78. The van der Waals surface area contributed by atoms with E-state index in [9.17, 15) is 22.8 Å². The van der Waals surface area contributed by atoms with Crippen LogP contribution in [0.4, 0.5) is 18.9 Å². The van der Waals surface area contributed by atoms with Crippen LogP contribution < -0.4 is 10.9 Å². The first-order chi connectivity index (χ1) is 16.7. The molecule has 0 unspecified atom stereocenters. The van der Waals surface area contributed by atoms with E-state index in [-0.39, 0.29) is 28.1 Å². The lowest BCUT2D eigenvalue weighted by molar-refractivity contribution is -0.137. The second-order valence-electron chi connectivity index (χ2n) is 8.93. The average molecular weight is 542 g/mol. The second-order valence-corrected chi connectivity index (χ2v) is 11.4. The van der Waals surface area contributed by atoms with Crippen molar-refractivity contribution < 1.29 is 18.0 Å². The molecule has 35 heavy (non-hydrogen) atoms. The predicted molar refractivity (Wildman–Crippen MR) is 134 cm³/mol. The fourth-order valence-corrected chi connectivity index (χ4v) is 7.23. The van der Waals surface area contributed by atoms with Crippen LogP contribution in [0, 0.1) is 0 Å². The summed E-state index contributed by atoms with van der Waals surface area (Å²) in [6, 6.07) is 2.84. The number of hydrogen-bond donors (Lipinski definition) is 1. The van der Waals surface area contributed by atoms with E-state index in [2.05, 4.69) is 5.32 Å². The number of thioether (sulfide) groups is 1. The summed E-state index contributed by atoms with van der Waals surface area (Å²) in [7, 11) is 0. The van der Waals surface area contributed by atoms with E-state index in [0.29, 0.717) is 9.99 Å². The third kappa shape index (κ3) is 4.97. The number of carbonyl (C=O) groups is 1. The Morgan fingerprint density at radius 3 is 2.69 bits per heavy atom. The molecule has 1 aromatic carbocycles. The Morgan fingerprint density at radius 1 is 1.20 bits per heavy atom. The van der Waals surface area contributed by atoms with Crippen LogP contribution in [-0.2, 0) is 23.8 Å². The summed E-state index contributed by atoms with van der Waals surface area (Å²) in [5.74, 6) is -0.628. The summed E-state index contributed by atoms with van der Waals surface area (Å²) in [6.45, 7) is 0. The van der Waals surface area contributed by atoms with Crippen molar-refractivity contribution >= 4 is 56.5 Å². The molecule has 2 aliphatic carbocycles. The molecule has 0 atom stereocenters. The van der Waals surface area contributed by atoms with Gasteiger partial charge in [0.25, 0.3) is 5.56 Å². The minimum atomic E-state index is -4.55. The van der Waals surface area contributed by atoms with Crippen LogP contribution >= 0.6 is 34.7 Å². The minimum absolute atomic E-state index is 0.0166. The van der Waals surface area contributed by atoms with Gasteiger partial charge in [0.1, 0.15) is 4.83 Å². The maximum atomic E-state index is 13.7. The molecule has 2 aromatic heterocycles. The van der Waals surface area contributed by atoms with Gasteiger partial charge in [-0.15, -0.1) is 11.3 Å². The van der Waals surface area contributed by atoms with E-state index in [1.165, 1.54) is 4.88 Å². The first kappa shape index (κ1) is 24.6. The van der Waals surface area contributed by atoms with E-state index in [1.807, 2.05) is 0 Å². The number of nitrogens with zero attached hydrogens (tertiary/aromatic N) is 2. The van der Waals surface area contributed by atoms with Gasteiger partial charge in [-0.3, -0.25) is 14.2 Å². The number of amides is 1. The van der Waals surface area contributed by atoms with Crippen molar-refractivity contribution in [3.05, 3.63) is 49.6 Å². The molecule has 11 heteroatoms. The minimum Gasteiger partial charge on any atom is -0.324 e. The molecule has 0 bridgehead atoms. The highest BCUT2D eigenvalue weighted by atomic mass is 35.5. The number of carbonyl (C=O) groups excluding carboxylic acids is 1. The Hall–Kier alpha value is -2.04. The maximum Gasteiger partial charge on any atom is 0.416 e. The first-order valence-corrected chi connectivity index (χ1v) is 13.8. The van der Waals surface area contributed by atoms with E-state index in [0.717, 1.165) is 92.3 Å². The van der Waals surface area contributed by atoms with Crippen molar-refractivity contribution in [2.45, 2.75) is 68.7 Å². The molecular formula is C24H23ClF3N3O2S2. The summed E-state index contributed by atoms with van der Waals surface area (Å²) in [4.78, 5) is 33.1. The number of halogens is 4. The standard InChI is InChI=1S/C24H23ClF3N3O2S2/c25-16-10-9-13(24(26,27)28)11-17(16)29-19(32)12-34-23-30-21-20(15-7-3-4-8-18(15)35-21)22(33)31(23)14-5-1-2-6-14/h9-11,14H,1-8,12H2,(H,29,32). The van der Waals surface area contributed by atoms with Crippen molar-refractivity contribution in [1.29, 1.82) is 0 Å². The normalized spacial score (nSPS) is 16.6. The summed E-state index contributed by atoms with van der Waals surface area (Å²) in [5, 5.41) is 3.69.